The SMILES string of the molecule is Cn1cc2cc(NC(=O)[C@@H](Cc3ccc(F)cc3)N3CC(=O)N(c4cc(Cl)ccc4-n4cc(Cl)nn4)CC3=O)ccc2n1. The molecule has 1 aliphatic rings. The minimum absolute atomic E-state index is 0.0557. The van der Waals surface area contributed by atoms with Crippen LogP contribution in [0, 0.1) is 5.82 Å². The molecule has 5 aromatic rings. The van der Waals surface area contributed by atoms with Gasteiger partial charge in [-0.1, -0.05) is 40.5 Å². The van der Waals surface area contributed by atoms with E-state index < -0.39 is 29.6 Å². The topological polar surface area (TPSA) is 118 Å². The largest absolute Gasteiger partial charge is 0.324 e. The maximum Gasteiger partial charge on any atom is 0.247 e. The molecule has 11 nitrogen and oxygen atoms in total. The van der Waals surface area contributed by atoms with E-state index >= 15 is 0 Å². The van der Waals surface area contributed by atoms with E-state index in [9.17, 15) is 18.8 Å². The number of nitrogens with one attached hydrogen (secondary N) is 1. The molecule has 1 aliphatic heterocycles. The maximum atomic E-state index is 13.7. The quantitative estimate of drug-likeness (QED) is 0.294. The number of rotatable bonds is 7. The van der Waals surface area contributed by atoms with E-state index in [0.29, 0.717) is 27.6 Å². The predicted octanol–water partition coefficient (Wildman–Crippen LogP) is 4.03. The third-order valence-electron chi connectivity index (χ3n) is 7.07. The Bertz CT molecular complexity index is 1870. The average molecular weight is 621 g/mol. The van der Waals surface area contributed by atoms with Crippen LogP contribution in [0.1, 0.15) is 5.56 Å². The zero-order valence-corrected chi connectivity index (χ0v) is 24.1. The number of aromatic nitrogens is 5. The van der Waals surface area contributed by atoms with Crippen LogP contribution in [0.5, 0.6) is 0 Å². The van der Waals surface area contributed by atoms with Crippen LogP contribution in [-0.2, 0) is 27.9 Å². The number of anilines is 2. The van der Waals surface area contributed by atoms with Crippen molar-refractivity contribution in [2.75, 3.05) is 23.3 Å². The van der Waals surface area contributed by atoms with Gasteiger partial charge in [-0.05, 0) is 54.1 Å². The molecule has 6 rings (SSSR count). The lowest BCUT2D eigenvalue weighted by molar-refractivity contribution is -0.143. The Labute approximate surface area is 254 Å². The van der Waals surface area contributed by atoms with Gasteiger partial charge in [0.2, 0.25) is 17.7 Å². The molecule has 3 heterocycles. The van der Waals surface area contributed by atoms with Crippen LogP contribution in [0.15, 0.2) is 73.1 Å². The molecule has 0 saturated carbocycles. The second kappa shape index (κ2) is 11.5. The van der Waals surface area contributed by atoms with Gasteiger partial charge in [0, 0.05) is 35.8 Å². The van der Waals surface area contributed by atoms with Crippen LogP contribution < -0.4 is 10.2 Å². The van der Waals surface area contributed by atoms with Crippen molar-refractivity contribution in [2.24, 2.45) is 7.05 Å². The number of hydrogen-bond acceptors (Lipinski definition) is 6. The minimum Gasteiger partial charge on any atom is -0.324 e. The van der Waals surface area contributed by atoms with Crippen molar-refractivity contribution in [1.82, 2.24) is 29.7 Å². The van der Waals surface area contributed by atoms with Gasteiger partial charge in [-0.3, -0.25) is 24.0 Å². The fourth-order valence-electron chi connectivity index (χ4n) is 5.05. The summed E-state index contributed by atoms with van der Waals surface area (Å²) in [5, 5.41) is 16.3. The zero-order chi connectivity index (χ0) is 30.2. The van der Waals surface area contributed by atoms with E-state index in [4.69, 9.17) is 23.2 Å². The fraction of sp³-hybridized carbons (Fsp3) is 0.172. The molecule has 14 heteroatoms. The van der Waals surface area contributed by atoms with E-state index in [-0.39, 0.29) is 24.7 Å². The lowest BCUT2D eigenvalue weighted by Gasteiger charge is -2.38. The van der Waals surface area contributed by atoms with Crippen molar-refractivity contribution in [2.45, 2.75) is 12.5 Å². The van der Waals surface area contributed by atoms with Crippen molar-refractivity contribution >= 4 is 63.2 Å². The molecular weight excluding hydrogens is 598 g/mol. The summed E-state index contributed by atoms with van der Waals surface area (Å²) in [6, 6.07) is 14.6. The number of nitrogens with zero attached hydrogens (tertiary/aromatic N) is 7. The lowest BCUT2D eigenvalue weighted by atomic mass is 10.0. The molecule has 0 aliphatic carbocycles. The Morgan fingerprint density at radius 3 is 2.51 bits per heavy atom. The highest BCUT2D eigenvalue weighted by molar-refractivity contribution is 6.31. The third-order valence-corrected chi connectivity index (χ3v) is 7.48. The molecule has 2 aromatic heterocycles. The first-order chi connectivity index (χ1) is 20.6. The first-order valence-electron chi connectivity index (χ1n) is 13.1. The smallest absolute Gasteiger partial charge is 0.247 e. The van der Waals surface area contributed by atoms with E-state index in [2.05, 4.69) is 20.7 Å². The Morgan fingerprint density at radius 1 is 0.977 bits per heavy atom. The number of fused-ring (bicyclic) bond motifs is 1. The fourth-order valence-corrected chi connectivity index (χ4v) is 5.34. The highest BCUT2D eigenvalue weighted by Crippen LogP contribution is 2.30. The molecule has 3 aromatic carbocycles. The Hall–Kier alpha value is -4.81. The molecule has 1 atom stereocenters. The second-order valence-electron chi connectivity index (χ2n) is 10.0. The first kappa shape index (κ1) is 28.3. The van der Waals surface area contributed by atoms with Crippen molar-refractivity contribution in [3.63, 3.8) is 0 Å². The molecule has 1 fully saturated rings. The van der Waals surface area contributed by atoms with Gasteiger partial charge in [0.25, 0.3) is 0 Å². The monoisotopic (exact) mass is 620 g/mol. The van der Waals surface area contributed by atoms with Gasteiger partial charge in [-0.15, -0.1) is 5.10 Å². The predicted molar refractivity (Wildman–Crippen MR) is 159 cm³/mol. The number of carbonyl (C=O) groups is 3. The molecule has 0 bridgehead atoms. The van der Waals surface area contributed by atoms with E-state index in [1.54, 1.807) is 60.3 Å². The summed E-state index contributed by atoms with van der Waals surface area (Å²) in [5.41, 5.74) is 2.64. The lowest BCUT2D eigenvalue weighted by Crippen LogP contribution is -2.60. The third kappa shape index (κ3) is 5.92. The minimum atomic E-state index is -1.07. The number of benzene rings is 3. The number of hydrogen-bond donors (Lipinski definition) is 1. The van der Waals surface area contributed by atoms with Gasteiger partial charge in [-0.25, -0.2) is 9.07 Å². The highest BCUT2D eigenvalue weighted by atomic mass is 35.5. The number of halogens is 3. The number of aryl methyl sites for hydroxylation is 1. The zero-order valence-electron chi connectivity index (χ0n) is 22.6. The van der Waals surface area contributed by atoms with Crippen molar-refractivity contribution in [3.05, 3.63) is 94.6 Å². The van der Waals surface area contributed by atoms with Gasteiger partial charge in [0.05, 0.1) is 23.1 Å². The van der Waals surface area contributed by atoms with E-state index in [1.807, 2.05) is 6.20 Å². The molecule has 1 N–H and O–H groups in total. The summed E-state index contributed by atoms with van der Waals surface area (Å²) in [6.45, 7) is -0.743. The highest BCUT2D eigenvalue weighted by Gasteiger charge is 2.39. The molecule has 0 spiro atoms. The Morgan fingerprint density at radius 2 is 1.77 bits per heavy atom. The normalized spacial score (nSPS) is 14.4. The average Bonchev–Trinajstić information content (AvgIpc) is 3.57. The van der Waals surface area contributed by atoms with Crippen LogP contribution >= 0.6 is 23.2 Å². The van der Waals surface area contributed by atoms with Crippen LogP contribution in [0.4, 0.5) is 15.8 Å². The molecular formula is C29H23Cl2FN8O3. The van der Waals surface area contributed by atoms with Crippen LogP contribution in [-0.4, -0.2) is 66.5 Å². The van der Waals surface area contributed by atoms with Crippen LogP contribution in [0.2, 0.25) is 10.2 Å². The summed E-state index contributed by atoms with van der Waals surface area (Å²) in [7, 11) is 1.80. The number of amides is 3. The van der Waals surface area contributed by atoms with Gasteiger partial charge in [0.15, 0.2) is 5.15 Å². The maximum absolute atomic E-state index is 13.7. The van der Waals surface area contributed by atoms with Gasteiger partial charge >= 0.3 is 0 Å². The summed E-state index contributed by atoms with van der Waals surface area (Å²) in [5.74, 6) is -1.83. The number of piperazine rings is 1. The molecule has 218 valence electrons. The molecule has 43 heavy (non-hydrogen) atoms. The Kier molecular flexibility index (Phi) is 7.55. The standard InChI is InChI=1S/C29H23Cl2FN8O3/c1-37-13-18-11-21(7-8-22(18)35-37)33-29(43)25(10-17-2-5-20(32)6-3-17)39-16-27(41)38(15-28(39)42)24-12-19(30)4-9-23(24)40-14-26(31)34-36-40/h2-9,11-14,25H,10,15-16H2,1H3,(H,33,43)/t25-/m1/s1. The van der Waals surface area contributed by atoms with Crippen molar-refractivity contribution in [1.29, 1.82) is 0 Å². The summed E-state index contributed by atoms with van der Waals surface area (Å²) < 4.78 is 16.7. The summed E-state index contributed by atoms with van der Waals surface area (Å²) in [6.07, 6.45) is 3.34. The molecule has 0 radical (unpaired) electrons. The molecule has 0 unspecified atom stereocenters. The van der Waals surface area contributed by atoms with Gasteiger partial charge in [0.1, 0.15) is 24.9 Å². The van der Waals surface area contributed by atoms with Crippen molar-refractivity contribution in [3.8, 4) is 5.69 Å². The van der Waals surface area contributed by atoms with Gasteiger partial charge < -0.3 is 10.2 Å². The number of carbonyl (C=O) groups excluding carboxylic acids is 3. The second-order valence-corrected chi connectivity index (χ2v) is 10.9. The van der Waals surface area contributed by atoms with E-state index in [0.717, 1.165) is 10.9 Å². The summed E-state index contributed by atoms with van der Waals surface area (Å²) >= 11 is 12.2. The van der Waals surface area contributed by atoms with E-state index in [1.165, 1.54) is 32.8 Å². The summed E-state index contributed by atoms with van der Waals surface area (Å²) in [4.78, 5) is 43.6. The molecule has 1 saturated heterocycles. The Balaban J connectivity index is 1.29. The van der Waals surface area contributed by atoms with Gasteiger partial charge in [-0.2, -0.15) is 5.10 Å². The molecule has 3 amide bonds. The van der Waals surface area contributed by atoms with Crippen molar-refractivity contribution < 1.29 is 18.8 Å². The van der Waals surface area contributed by atoms with Crippen LogP contribution in [0.25, 0.3) is 16.6 Å². The van der Waals surface area contributed by atoms with Crippen LogP contribution in [0.3, 0.4) is 0 Å². The first-order valence-corrected chi connectivity index (χ1v) is 13.9.